The Labute approximate surface area is 119 Å². The molecule has 0 saturated carbocycles. The first kappa shape index (κ1) is 11.7. The quantitative estimate of drug-likeness (QED) is 0.617. The van der Waals surface area contributed by atoms with Crippen LogP contribution in [-0.4, -0.2) is 4.98 Å². The van der Waals surface area contributed by atoms with E-state index < -0.39 is 0 Å². The molecule has 1 heterocycles. The molecule has 0 N–H and O–H groups in total. The molecule has 0 bridgehead atoms. The lowest BCUT2D eigenvalue weighted by atomic mass is 9.79. The molecule has 1 aliphatic rings. The van der Waals surface area contributed by atoms with Gasteiger partial charge >= 0.3 is 0 Å². The first-order valence-corrected chi connectivity index (χ1v) is 7.33. The third kappa shape index (κ3) is 1.90. The highest BCUT2D eigenvalue weighted by Gasteiger charge is 2.21. The smallest absolute Gasteiger partial charge is 0.0346 e. The van der Waals surface area contributed by atoms with Gasteiger partial charge in [-0.1, -0.05) is 42.5 Å². The summed E-state index contributed by atoms with van der Waals surface area (Å²) >= 11 is 0. The van der Waals surface area contributed by atoms with Crippen molar-refractivity contribution < 1.29 is 0 Å². The molecule has 4 rings (SSSR count). The van der Waals surface area contributed by atoms with E-state index in [2.05, 4.69) is 53.5 Å². The molecule has 0 spiro atoms. The fraction of sp³-hybridized carbons (Fsp3) is 0.211. The van der Waals surface area contributed by atoms with Gasteiger partial charge in [0.2, 0.25) is 0 Å². The lowest BCUT2D eigenvalue weighted by molar-refractivity contribution is 0.616. The maximum atomic E-state index is 4.19. The summed E-state index contributed by atoms with van der Waals surface area (Å²) in [5.74, 6) is 0.553. The minimum atomic E-state index is 0.553. The standard InChI is InChI=1S/C19H17N/c1-2-6-18-14(4-1)5-3-7-19(18)16-8-9-17-13-20-11-10-15(17)12-16/h1-2,4,6,8-13,19H,3,5,7H2. The second-order valence-corrected chi connectivity index (χ2v) is 5.63. The number of hydrogen-bond donors (Lipinski definition) is 0. The number of aryl methyl sites for hydroxylation is 1. The Morgan fingerprint density at radius 2 is 1.90 bits per heavy atom. The van der Waals surface area contributed by atoms with E-state index in [4.69, 9.17) is 0 Å². The van der Waals surface area contributed by atoms with Crippen molar-refractivity contribution in [3.05, 3.63) is 77.6 Å². The van der Waals surface area contributed by atoms with E-state index in [1.54, 1.807) is 0 Å². The van der Waals surface area contributed by atoms with Crippen molar-refractivity contribution in [2.45, 2.75) is 25.2 Å². The summed E-state index contributed by atoms with van der Waals surface area (Å²) in [6.07, 6.45) is 7.59. The highest BCUT2D eigenvalue weighted by atomic mass is 14.6. The van der Waals surface area contributed by atoms with Gasteiger partial charge in [-0.3, -0.25) is 4.98 Å². The van der Waals surface area contributed by atoms with Crippen molar-refractivity contribution in [3.63, 3.8) is 0 Å². The molecule has 0 radical (unpaired) electrons. The number of rotatable bonds is 1. The summed E-state index contributed by atoms with van der Waals surface area (Å²) in [7, 11) is 0. The summed E-state index contributed by atoms with van der Waals surface area (Å²) in [6.45, 7) is 0. The molecule has 0 fully saturated rings. The van der Waals surface area contributed by atoms with Gasteiger partial charge in [-0.25, -0.2) is 0 Å². The molecule has 1 aliphatic carbocycles. The van der Waals surface area contributed by atoms with Crippen molar-refractivity contribution in [2.75, 3.05) is 0 Å². The Balaban J connectivity index is 1.84. The van der Waals surface area contributed by atoms with Gasteiger partial charge in [0.15, 0.2) is 0 Å². The van der Waals surface area contributed by atoms with E-state index >= 15 is 0 Å². The van der Waals surface area contributed by atoms with Gasteiger partial charge in [-0.15, -0.1) is 0 Å². The number of pyridine rings is 1. The molecule has 1 aromatic heterocycles. The number of benzene rings is 2. The zero-order valence-corrected chi connectivity index (χ0v) is 11.4. The number of aromatic nitrogens is 1. The maximum Gasteiger partial charge on any atom is 0.0346 e. The molecule has 0 aliphatic heterocycles. The van der Waals surface area contributed by atoms with Gasteiger partial charge in [0.1, 0.15) is 0 Å². The maximum absolute atomic E-state index is 4.19. The van der Waals surface area contributed by atoms with Crippen LogP contribution in [-0.2, 0) is 6.42 Å². The summed E-state index contributed by atoms with van der Waals surface area (Å²) in [5, 5.41) is 2.51. The van der Waals surface area contributed by atoms with Crippen LogP contribution in [0.2, 0.25) is 0 Å². The molecule has 1 unspecified atom stereocenters. The topological polar surface area (TPSA) is 12.9 Å². The molecule has 1 heteroatoms. The second-order valence-electron chi connectivity index (χ2n) is 5.63. The predicted molar refractivity (Wildman–Crippen MR) is 83.0 cm³/mol. The third-order valence-electron chi connectivity index (χ3n) is 4.44. The lowest BCUT2D eigenvalue weighted by Crippen LogP contribution is -2.10. The molecule has 2 aromatic carbocycles. The first-order valence-electron chi connectivity index (χ1n) is 7.33. The number of nitrogens with zero attached hydrogens (tertiary/aromatic N) is 1. The van der Waals surface area contributed by atoms with Gasteiger partial charge in [-0.05, 0) is 47.4 Å². The summed E-state index contributed by atoms with van der Waals surface area (Å²) in [4.78, 5) is 4.19. The predicted octanol–water partition coefficient (Wildman–Crippen LogP) is 4.70. The summed E-state index contributed by atoms with van der Waals surface area (Å²) in [6, 6.07) is 17.8. The molecular formula is C19H17N. The van der Waals surface area contributed by atoms with Crippen molar-refractivity contribution in [2.24, 2.45) is 0 Å². The Morgan fingerprint density at radius 1 is 0.950 bits per heavy atom. The number of fused-ring (bicyclic) bond motifs is 2. The molecule has 98 valence electrons. The Hall–Kier alpha value is -2.15. The monoisotopic (exact) mass is 259 g/mol. The van der Waals surface area contributed by atoms with Gasteiger partial charge < -0.3 is 0 Å². The second kappa shape index (κ2) is 4.75. The first-order chi connectivity index (χ1) is 9.92. The van der Waals surface area contributed by atoms with E-state index in [9.17, 15) is 0 Å². The molecule has 0 saturated heterocycles. The Kier molecular flexibility index (Phi) is 2.77. The van der Waals surface area contributed by atoms with Crippen molar-refractivity contribution in [1.82, 2.24) is 4.98 Å². The van der Waals surface area contributed by atoms with E-state index in [1.807, 2.05) is 12.4 Å². The molecule has 1 nitrogen and oxygen atoms in total. The Bertz CT molecular complexity index is 760. The van der Waals surface area contributed by atoms with Gasteiger partial charge in [0.05, 0.1) is 0 Å². The van der Waals surface area contributed by atoms with Crippen LogP contribution < -0.4 is 0 Å². The normalized spacial score (nSPS) is 17.9. The molecule has 0 amide bonds. The number of hydrogen-bond acceptors (Lipinski definition) is 1. The Morgan fingerprint density at radius 3 is 2.90 bits per heavy atom. The summed E-state index contributed by atoms with van der Waals surface area (Å²) in [5.41, 5.74) is 4.49. The largest absolute Gasteiger partial charge is 0.264 e. The van der Waals surface area contributed by atoms with Crippen LogP contribution in [0.25, 0.3) is 10.8 Å². The minimum Gasteiger partial charge on any atom is -0.264 e. The average Bonchev–Trinajstić information content (AvgIpc) is 2.54. The van der Waals surface area contributed by atoms with Gasteiger partial charge in [0, 0.05) is 23.7 Å². The van der Waals surface area contributed by atoms with Crippen LogP contribution in [0.4, 0.5) is 0 Å². The summed E-state index contributed by atoms with van der Waals surface area (Å²) < 4.78 is 0. The zero-order chi connectivity index (χ0) is 13.4. The van der Waals surface area contributed by atoms with E-state index in [-0.39, 0.29) is 0 Å². The average molecular weight is 259 g/mol. The molecule has 20 heavy (non-hydrogen) atoms. The van der Waals surface area contributed by atoms with Crippen molar-refractivity contribution in [1.29, 1.82) is 0 Å². The van der Waals surface area contributed by atoms with Crippen LogP contribution in [0.15, 0.2) is 60.9 Å². The molecular weight excluding hydrogens is 242 g/mol. The molecule has 1 atom stereocenters. The SMILES string of the molecule is c1ccc2c(c1)CCCC2c1ccc2cnccc2c1. The van der Waals surface area contributed by atoms with Crippen LogP contribution in [0, 0.1) is 0 Å². The molecule has 3 aromatic rings. The van der Waals surface area contributed by atoms with Crippen LogP contribution in [0.5, 0.6) is 0 Å². The zero-order valence-electron chi connectivity index (χ0n) is 11.4. The fourth-order valence-corrected chi connectivity index (χ4v) is 3.42. The lowest BCUT2D eigenvalue weighted by Gasteiger charge is -2.26. The van der Waals surface area contributed by atoms with Crippen LogP contribution in [0.1, 0.15) is 35.4 Å². The van der Waals surface area contributed by atoms with Gasteiger partial charge in [0.25, 0.3) is 0 Å². The fourth-order valence-electron chi connectivity index (χ4n) is 3.42. The van der Waals surface area contributed by atoms with Crippen LogP contribution >= 0.6 is 0 Å². The highest BCUT2D eigenvalue weighted by Crippen LogP contribution is 2.37. The van der Waals surface area contributed by atoms with Gasteiger partial charge in [-0.2, -0.15) is 0 Å². The minimum absolute atomic E-state index is 0.553. The van der Waals surface area contributed by atoms with Crippen LogP contribution in [0.3, 0.4) is 0 Å². The van der Waals surface area contributed by atoms with Crippen molar-refractivity contribution in [3.8, 4) is 0 Å². The van der Waals surface area contributed by atoms with E-state index in [1.165, 1.54) is 46.7 Å². The third-order valence-corrected chi connectivity index (χ3v) is 4.44. The van der Waals surface area contributed by atoms with Crippen molar-refractivity contribution >= 4 is 10.8 Å². The highest BCUT2D eigenvalue weighted by molar-refractivity contribution is 5.82. The van der Waals surface area contributed by atoms with E-state index in [0.29, 0.717) is 5.92 Å². The van der Waals surface area contributed by atoms with E-state index in [0.717, 1.165) is 0 Å².